The molecule has 0 fully saturated rings. The van der Waals surface area contributed by atoms with Crippen LogP contribution in [-0.2, 0) is 0 Å². The zero-order chi connectivity index (χ0) is 14.4. The summed E-state index contributed by atoms with van der Waals surface area (Å²) in [5.41, 5.74) is -0.351. The number of aliphatic hydroxyl groups is 1. The lowest BCUT2D eigenvalue weighted by Crippen LogP contribution is -2.28. The molecular formula is C18H41AlO. The van der Waals surface area contributed by atoms with Gasteiger partial charge >= 0.3 is 0 Å². The van der Waals surface area contributed by atoms with Crippen LogP contribution in [-0.4, -0.2) is 28.1 Å². The molecule has 0 rings (SSSR count). The predicted molar refractivity (Wildman–Crippen MR) is 96.5 cm³/mol. The van der Waals surface area contributed by atoms with E-state index in [0.717, 1.165) is 19.3 Å². The molecule has 0 aliphatic heterocycles. The zero-order valence-corrected chi connectivity index (χ0v) is 13.8. The van der Waals surface area contributed by atoms with E-state index in [1.54, 1.807) is 0 Å². The van der Waals surface area contributed by atoms with Crippen molar-refractivity contribution >= 4 is 17.4 Å². The highest BCUT2D eigenvalue weighted by Gasteiger charge is 2.24. The average Bonchev–Trinajstić information content (AvgIpc) is 2.41. The lowest BCUT2D eigenvalue weighted by Gasteiger charge is -2.28. The molecule has 0 unspecified atom stereocenters. The van der Waals surface area contributed by atoms with Crippen LogP contribution >= 0.6 is 0 Å². The minimum Gasteiger partial charge on any atom is -0.390 e. The van der Waals surface area contributed by atoms with Crippen molar-refractivity contribution < 1.29 is 5.11 Å². The average molecular weight is 301 g/mol. The monoisotopic (exact) mass is 300 g/mol. The molecule has 0 bridgehead atoms. The summed E-state index contributed by atoms with van der Waals surface area (Å²) in [6.07, 6.45) is 17.0. The van der Waals surface area contributed by atoms with Gasteiger partial charge in [-0.1, -0.05) is 91.4 Å². The molecule has 1 N–H and O–H groups in total. The molecule has 0 aliphatic carbocycles. The van der Waals surface area contributed by atoms with Crippen LogP contribution in [0, 0.1) is 0 Å². The molecule has 122 valence electrons. The SMILES string of the molecule is CCCCCCC(O)(CCCCC)CCCCCC.[AlH3]. The third-order valence-electron chi connectivity index (χ3n) is 4.24. The van der Waals surface area contributed by atoms with E-state index in [-0.39, 0.29) is 23.0 Å². The molecule has 2 heteroatoms. The molecule has 1 nitrogen and oxygen atoms in total. The lowest BCUT2D eigenvalue weighted by atomic mass is 9.85. The summed E-state index contributed by atoms with van der Waals surface area (Å²) in [6, 6.07) is 0. The quantitative estimate of drug-likeness (QED) is 0.351. The third kappa shape index (κ3) is 13.5. The van der Waals surface area contributed by atoms with E-state index in [0.29, 0.717) is 0 Å². The molecule has 0 radical (unpaired) electrons. The van der Waals surface area contributed by atoms with Crippen LogP contribution in [0.3, 0.4) is 0 Å². The van der Waals surface area contributed by atoms with Crippen molar-refractivity contribution in [3.05, 3.63) is 0 Å². The summed E-state index contributed by atoms with van der Waals surface area (Å²) in [5.74, 6) is 0. The summed E-state index contributed by atoms with van der Waals surface area (Å²) < 4.78 is 0. The van der Waals surface area contributed by atoms with Gasteiger partial charge in [-0.15, -0.1) is 0 Å². The van der Waals surface area contributed by atoms with E-state index >= 15 is 0 Å². The van der Waals surface area contributed by atoms with Crippen LogP contribution in [0.1, 0.15) is 111 Å². The highest BCUT2D eigenvalue weighted by Crippen LogP contribution is 2.28. The summed E-state index contributed by atoms with van der Waals surface area (Å²) >= 11 is 0. The van der Waals surface area contributed by atoms with E-state index < -0.39 is 0 Å². The number of hydrogen-bond donors (Lipinski definition) is 1. The standard InChI is InChI=1S/C18H38O.Al.3H/c1-4-7-10-13-16-18(19,15-12-9-6-3)17-14-11-8-5-2;;;;/h19H,4-17H2,1-3H3;;;;. The summed E-state index contributed by atoms with van der Waals surface area (Å²) in [7, 11) is 0. The first kappa shape index (κ1) is 22.8. The van der Waals surface area contributed by atoms with Crippen molar-refractivity contribution in [3.8, 4) is 0 Å². The van der Waals surface area contributed by atoms with Gasteiger partial charge in [-0.3, -0.25) is 0 Å². The predicted octanol–water partition coefficient (Wildman–Crippen LogP) is 5.05. The number of unbranched alkanes of at least 4 members (excludes halogenated alkanes) is 8. The Balaban J connectivity index is 0. The Morgan fingerprint density at radius 1 is 0.550 bits per heavy atom. The second-order valence-corrected chi connectivity index (χ2v) is 6.30. The van der Waals surface area contributed by atoms with E-state index in [4.69, 9.17) is 0 Å². The van der Waals surface area contributed by atoms with Crippen LogP contribution in [0.5, 0.6) is 0 Å². The van der Waals surface area contributed by atoms with E-state index in [1.165, 1.54) is 70.6 Å². The molecule has 0 aromatic heterocycles. The van der Waals surface area contributed by atoms with Gasteiger partial charge in [0.2, 0.25) is 0 Å². The van der Waals surface area contributed by atoms with Gasteiger partial charge in [-0.25, -0.2) is 0 Å². The van der Waals surface area contributed by atoms with E-state index in [1.807, 2.05) is 0 Å². The summed E-state index contributed by atoms with van der Waals surface area (Å²) in [5, 5.41) is 10.8. The van der Waals surface area contributed by atoms with Crippen LogP contribution in [0.25, 0.3) is 0 Å². The Hall–Kier alpha value is 0.492. The summed E-state index contributed by atoms with van der Waals surface area (Å²) in [4.78, 5) is 0. The topological polar surface area (TPSA) is 20.2 Å². The summed E-state index contributed by atoms with van der Waals surface area (Å²) in [6.45, 7) is 6.73. The minimum absolute atomic E-state index is 0. The van der Waals surface area contributed by atoms with Crippen molar-refractivity contribution in [2.75, 3.05) is 0 Å². The first-order chi connectivity index (χ1) is 9.18. The third-order valence-corrected chi connectivity index (χ3v) is 4.24. The van der Waals surface area contributed by atoms with E-state index in [2.05, 4.69) is 20.8 Å². The fourth-order valence-corrected chi connectivity index (χ4v) is 2.84. The van der Waals surface area contributed by atoms with Gasteiger partial charge in [0, 0.05) is 0 Å². The lowest BCUT2D eigenvalue weighted by molar-refractivity contribution is 0.00720. The zero-order valence-electron chi connectivity index (χ0n) is 13.8. The van der Waals surface area contributed by atoms with Crippen LogP contribution in [0.15, 0.2) is 0 Å². The highest BCUT2D eigenvalue weighted by atomic mass is 27.0. The van der Waals surface area contributed by atoms with Gasteiger partial charge < -0.3 is 5.11 Å². The van der Waals surface area contributed by atoms with Crippen molar-refractivity contribution in [1.82, 2.24) is 0 Å². The maximum atomic E-state index is 10.8. The molecule has 0 atom stereocenters. The van der Waals surface area contributed by atoms with Crippen molar-refractivity contribution in [3.63, 3.8) is 0 Å². The normalized spacial score (nSPS) is 11.4. The molecule has 0 saturated heterocycles. The Labute approximate surface area is 139 Å². The smallest absolute Gasteiger partial charge is 0.187 e. The molecule has 0 heterocycles. The largest absolute Gasteiger partial charge is 0.390 e. The van der Waals surface area contributed by atoms with Crippen LogP contribution in [0.4, 0.5) is 0 Å². The molecule has 0 aromatic carbocycles. The molecule has 20 heavy (non-hydrogen) atoms. The first-order valence-corrected chi connectivity index (χ1v) is 8.91. The van der Waals surface area contributed by atoms with Gasteiger partial charge in [0.1, 0.15) is 0 Å². The molecule has 0 aliphatic rings. The van der Waals surface area contributed by atoms with Gasteiger partial charge in [0.05, 0.1) is 5.60 Å². The molecular weight excluding hydrogens is 259 g/mol. The van der Waals surface area contributed by atoms with E-state index in [9.17, 15) is 5.11 Å². The molecule has 0 aromatic rings. The van der Waals surface area contributed by atoms with Gasteiger partial charge in [0.15, 0.2) is 17.4 Å². The molecule has 0 spiro atoms. The van der Waals surface area contributed by atoms with Crippen LogP contribution in [0.2, 0.25) is 0 Å². The number of rotatable bonds is 14. The Morgan fingerprint density at radius 2 is 0.850 bits per heavy atom. The second-order valence-electron chi connectivity index (χ2n) is 6.30. The Morgan fingerprint density at radius 3 is 1.20 bits per heavy atom. The van der Waals surface area contributed by atoms with Crippen molar-refractivity contribution in [1.29, 1.82) is 0 Å². The highest BCUT2D eigenvalue weighted by molar-refractivity contribution is 5.75. The first-order valence-electron chi connectivity index (χ1n) is 8.91. The van der Waals surface area contributed by atoms with Crippen molar-refractivity contribution in [2.24, 2.45) is 0 Å². The molecule has 0 saturated carbocycles. The van der Waals surface area contributed by atoms with Gasteiger partial charge in [0.25, 0.3) is 0 Å². The maximum absolute atomic E-state index is 10.8. The maximum Gasteiger partial charge on any atom is 0.187 e. The number of hydrogen-bond acceptors (Lipinski definition) is 1. The molecule has 0 amide bonds. The minimum atomic E-state index is -0.351. The Kier molecular flexibility index (Phi) is 18.1. The van der Waals surface area contributed by atoms with Crippen molar-refractivity contribution in [2.45, 2.75) is 116 Å². The fourth-order valence-electron chi connectivity index (χ4n) is 2.84. The van der Waals surface area contributed by atoms with Gasteiger partial charge in [-0.05, 0) is 19.3 Å². The Bertz CT molecular complexity index is 170. The fraction of sp³-hybridized carbons (Fsp3) is 1.00. The van der Waals surface area contributed by atoms with Crippen LogP contribution < -0.4 is 0 Å². The second kappa shape index (κ2) is 15.9. The van der Waals surface area contributed by atoms with Gasteiger partial charge in [-0.2, -0.15) is 0 Å².